The van der Waals surface area contributed by atoms with Crippen molar-refractivity contribution in [1.82, 2.24) is 9.88 Å². The lowest BCUT2D eigenvalue weighted by Gasteiger charge is -2.32. The van der Waals surface area contributed by atoms with Gasteiger partial charge in [-0.3, -0.25) is 4.79 Å². The molecular weight excluding hydrogens is 376 g/mol. The molecule has 0 aliphatic carbocycles. The summed E-state index contributed by atoms with van der Waals surface area (Å²) >= 11 is 1.58. The van der Waals surface area contributed by atoms with Gasteiger partial charge in [0.05, 0.1) is 16.3 Å². The van der Waals surface area contributed by atoms with E-state index < -0.39 is 12.1 Å². The van der Waals surface area contributed by atoms with Crippen LogP contribution in [-0.4, -0.2) is 39.9 Å². The Hall–Kier alpha value is -2.41. The normalized spacial score (nSPS) is 12.1. The molecule has 0 saturated carbocycles. The Labute approximate surface area is 170 Å². The van der Waals surface area contributed by atoms with Crippen LogP contribution in [0.4, 0.5) is 0 Å². The zero-order valence-corrected chi connectivity index (χ0v) is 18.1. The molecule has 2 aromatic rings. The molecule has 1 heterocycles. The molecule has 0 aliphatic rings. The first-order valence-electron chi connectivity index (χ1n) is 9.36. The molecule has 28 heavy (non-hydrogen) atoms. The summed E-state index contributed by atoms with van der Waals surface area (Å²) in [6.07, 6.45) is -0.846. The zero-order valence-electron chi connectivity index (χ0n) is 17.3. The minimum absolute atomic E-state index is 0.0339. The van der Waals surface area contributed by atoms with E-state index in [2.05, 4.69) is 4.98 Å². The van der Waals surface area contributed by atoms with Crippen molar-refractivity contribution in [2.75, 3.05) is 0 Å². The third kappa shape index (κ3) is 5.79. The molecule has 1 aromatic carbocycles. The highest BCUT2D eigenvalue weighted by molar-refractivity contribution is 7.09. The molecule has 0 radical (unpaired) electrons. The monoisotopic (exact) mass is 404 g/mol. The van der Waals surface area contributed by atoms with Gasteiger partial charge in [0, 0.05) is 17.5 Å². The topological polar surface area (TPSA) is 68.7 Å². The van der Waals surface area contributed by atoms with Gasteiger partial charge in [0.1, 0.15) is 12.4 Å². The van der Waals surface area contributed by atoms with Crippen LogP contribution in [0.3, 0.4) is 0 Å². The second-order valence-electron chi connectivity index (χ2n) is 7.15. The van der Waals surface area contributed by atoms with E-state index in [4.69, 9.17) is 9.47 Å². The van der Waals surface area contributed by atoms with Crippen LogP contribution in [-0.2, 0) is 16.1 Å². The van der Waals surface area contributed by atoms with E-state index in [1.165, 1.54) is 0 Å². The number of nitrogens with zero attached hydrogens (tertiary/aromatic N) is 2. The highest BCUT2D eigenvalue weighted by Gasteiger charge is 2.27. The van der Waals surface area contributed by atoms with Gasteiger partial charge in [-0.1, -0.05) is 0 Å². The van der Waals surface area contributed by atoms with Crippen molar-refractivity contribution in [3.8, 4) is 5.75 Å². The summed E-state index contributed by atoms with van der Waals surface area (Å²) in [4.78, 5) is 31.0. The van der Waals surface area contributed by atoms with Crippen LogP contribution in [0.2, 0.25) is 0 Å². The standard InChI is InChI=1S/C21H28N2O4S/c1-13(2)23(14(3)4)20(24)15(5)27-21(25)17-7-9-19(10-8-17)26-11-18-12-28-16(6)22-18/h7-10,12-15H,11H2,1-6H3/t15-/m0/s1. The number of rotatable bonds is 8. The molecule has 0 N–H and O–H groups in total. The fourth-order valence-electron chi connectivity index (χ4n) is 2.91. The number of aromatic nitrogens is 1. The Morgan fingerprint density at radius 2 is 1.68 bits per heavy atom. The second kappa shape index (κ2) is 9.68. The van der Waals surface area contributed by atoms with E-state index in [-0.39, 0.29) is 18.0 Å². The summed E-state index contributed by atoms with van der Waals surface area (Å²) in [5.41, 5.74) is 1.25. The van der Waals surface area contributed by atoms with Crippen LogP contribution in [0.25, 0.3) is 0 Å². The van der Waals surface area contributed by atoms with E-state index in [0.29, 0.717) is 17.9 Å². The van der Waals surface area contributed by atoms with E-state index in [1.54, 1.807) is 47.4 Å². The maximum Gasteiger partial charge on any atom is 0.338 e. The highest BCUT2D eigenvalue weighted by atomic mass is 32.1. The summed E-state index contributed by atoms with van der Waals surface area (Å²) in [6.45, 7) is 11.7. The lowest BCUT2D eigenvalue weighted by atomic mass is 10.2. The number of carbonyl (C=O) groups excluding carboxylic acids is 2. The van der Waals surface area contributed by atoms with Gasteiger partial charge in [-0.15, -0.1) is 11.3 Å². The van der Waals surface area contributed by atoms with Gasteiger partial charge in [0.15, 0.2) is 6.10 Å². The van der Waals surface area contributed by atoms with Crippen LogP contribution < -0.4 is 4.74 Å². The second-order valence-corrected chi connectivity index (χ2v) is 8.21. The first-order valence-corrected chi connectivity index (χ1v) is 10.2. The van der Waals surface area contributed by atoms with Crippen LogP contribution in [0.5, 0.6) is 5.75 Å². The quantitative estimate of drug-likeness (QED) is 0.616. The minimum atomic E-state index is -0.846. The molecular formula is C21H28N2O4S. The summed E-state index contributed by atoms with van der Waals surface area (Å²) in [5.74, 6) is -0.0935. The Balaban J connectivity index is 1.93. The van der Waals surface area contributed by atoms with Crippen molar-refractivity contribution in [1.29, 1.82) is 0 Å². The predicted molar refractivity (Wildman–Crippen MR) is 110 cm³/mol. The average molecular weight is 405 g/mol. The maximum absolute atomic E-state index is 12.6. The Kier molecular flexibility index (Phi) is 7.57. The number of thiazole rings is 1. The Morgan fingerprint density at radius 3 is 2.18 bits per heavy atom. The van der Waals surface area contributed by atoms with Crippen molar-refractivity contribution < 1.29 is 19.1 Å². The SMILES string of the molecule is Cc1nc(COc2ccc(C(=O)O[C@@H](C)C(=O)N(C(C)C)C(C)C)cc2)cs1. The van der Waals surface area contributed by atoms with Gasteiger partial charge in [-0.25, -0.2) is 9.78 Å². The average Bonchev–Trinajstić information content (AvgIpc) is 3.05. The molecule has 0 aliphatic heterocycles. The smallest absolute Gasteiger partial charge is 0.338 e. The summed E-state index contributed by atoms with van der Waals surface area (Å²) in [7, 11) is 0. The molecule has 0 saturated heterocycles. The molecule has 2 rings (SSSR count). The van der Waals surface area contributed by atoms with E-state index in [0.717, 1.165) is 10.7 Å². The number of ether oxygens (including phenoxy) is 2. The van der Waals surface area contributed by atoms with Crippen molar-refractivity contribution >= 4 is 23.2 Å². The van der Waals surface area contributed by atoms with Crippen LogP contribution >= 0.6 is 11.3 Å². The van der Waals surface area contributed by atoms with E-state index in [9.17, 15) is 9.59 Å². The molecule has 1 atom stereocenters. The number of aryl methyl sites for hydroxylation is 1. The van der Waals surface area contributed by atoms with Gasteiger partial charge in [0.2, 0.25) is 0 Å². The minimum Gasteiger partial charge on any atom is -0.487 e. The van der Waals surface area contributed by atoms with Crippen LogP contribution in [0.1, 0.15) is 55.7 Å². The van der Waals surface area contributed by atoms with Crippen molar-refractivity contribution in [2.45, 2.75) is 66.3 Å². The van der Waals surface area contributed by atoms with Gasteiger partial charge >= 0.3 is 5.97 Å². The molecule has 1 amide bonds. The van der Waals surface area contributed by atoms with Crippen molar-refractivity contribution in [3.63, 3.8) is 0 Å². The third-order valence-corrected chi connectivity index (χ3v) is 4.96. The largest absolute Gasteiger partial charge is 0.487 e. The highest BCUT2D eigenvalue weighted by Crippen LogP contribution is 2.17. The van der Waals surface area contributed by atoms with Crippen molar-refractivity contribution in [2.24, 2.45) is 0 Å². The molecule has 1 aromatic heterocycles. The molecule has 0 bridgehead atoms. The number of esters is 1. The van der Waals surface area contributed by atoms with Gasteiger partial charge in [0.25, 0.3) is 5.91 Å². The summed E-state index contributed by atoms with van der Waals surface area (Å²) < 4.78 is 11.0. The molecule has 7 heteroatoms. The molecule has 0 unspecified atom stereocenters. The first kappa shape index (κ1) is 21.9. The fraction of sp³-hybridized carbons (Fsp3) is 0.476. The van der Waals surface area contributed by atoms with E-state index in [1.807, 2.05) is 40.0 Å². The summed E-state index contributed by atoms with van der Waals surface area (Å²) in [5, 5.41) is 2.95. The number of benzene rings is 1. The first-order chi connectivity index (χ1) is 13.2. The molecule has 6 nitrogen and oxygen atoms in total. The number of hydrogen-bond donors (Lipinski definition) is 0. The van der Waals surface area contributed by atoms with Crippen molar-refractivity contribution in [3.05, 3.63) is 45.9 Å². The summed E-state index contributed by atoms with van der Waals surface area (Å²) in [6, 6.07) is 6.74. The lowest BCUT2D eigenvalue weighted by Crippen LogP contribution is -2.47. The van der Waals surface area contributed by atoms with Gasteiger partial charge in [-0.05, 0) is 65.8 Å². The zero-order chi connectivity index (χ0) is 20.8. The van der Waals surface area contributed by atoms with Crippen LogP contribution in [0.15, 0.2) is 29.6 Å². The van der Waals surface area contributed by atoms with Gasteiger partial charge in [-0.2, -0.15) is 0 Å². The molecule has 152 valence electrons. The third-order valence-electron chi connectivity index (χ3n) is 4.14. The number of hydrogen-bond acceptors (Lipinski definition) is 6. The predicted octanol–water partition coefficient (Wildman–Crippen LogP) is 4.22. The maximum atomic E-state index is 12.6. The number of amides is 1. The molecule has 0 spiro atoms. The molecule has 0 fully saturated rings. The number of carbonyl (C=O) groups is 2. The Morgan fingerprint density at radius 1 is 1.07 bits per heavy atom. The fourth-order valence-corrected chi connectivity index (χ4v) is 3.51. The lowest BCUT2D eigenvalue weighted by molar-refractivity contribution is -0.143. The van der Waals surface area contributed by atoms with Crippen LogP contribution in [0, 0.1) is 6.92 Å². The Bertz CT molecular complexity index is 791. The van der Waals surface area contributed by atoms with E-state index >= 15 is 0 Å². The van der Waals surface area contributed by atoms with Gasteiger partial charge < -0.3 is 14.4 Å².